The molecule has 0 saturated carbocycles. The van der Waals surface area contributed by atoms with Crippen LogP contribution in [-0.2, 0) is 6.18 Å². The number of ether oxygens (including phenoxy) is 1. The molecular formula is C24H24F3N3O3. The molecule has 3 aromatic rings. The average Bonchev–Trinajstić information content (AvgIpc) is 2.75. The first-order valence-corrected chi connectivity index (χ1v) is 10.2. The van der Waals surface area contributed by atoms with Crippen molar-refractivity contribution in [2.24, 2.45) is 0 Å². The number of hydrogen-bond acceptors (Lipinski definition) is 4. The lowest BCUT2D eigenvalue weighted by molar-refractivity contribution is -0.137. The highest BCUT2D eigenvalue weighted by atomic mass is 19.4. The van der Waals surface area contributed by atoms with Gasteiger partial charge >= 0.3 is 6.18 Å². The molecule has 0 aliphatic rings. The molecule has 174 valence electrons. The average molecular weight is 459 g/mol. The fourth-order valence-corrected chi connectivity index (χ4v) is 3.07. The second-order valence-electron chi connectivity index (χ2n) is 7.72. The quantitative estimate of drug-likeness (QED) is 0.531. The number of hydrogen-bond donors (Lipinski definition) is 2. The van der Waals surface area contributed by atoms with Crippen LogP contribution in [0.25, 0.3) is 12.2 Å². The Kier molecular flexibility index (Phi) is 7.55. The summed E-state index contributed by atoms with van der Waals surface area (Å²) in [6.45, 7) is 1.50. The van der Waals surface area contributed by atoms with Gasteiger partial charge < -0.3 is 19.6 Å². The van der Waals surface area contributed by atoms with E-state index < -0.39 is 22.9 Å². The van der Waals surface area contributed by atoms with Crippen molar-refractivity contribution in [1.29, 1.82) is 0 Å². The van der Waals surface area contributed by atoms with E-state index in [9.17, 15) is 22.8 Å². The minimum absolute atomic E-state index is 0.0286. The Morgan fingerprint density at radius 3 is 2.09 bits per heavy atom. The Hall–Kier alpha value is -3.59. The molecule has 0 fully saturated rings. The minimum Gasteiger partial charge on any atom is -0.494 e. The first-order chi connectivity index (χ1) is 15.6. The summed E-state index contributed by atoms with van der Waals surface area (Å²) in [5.41, 5.74) is -1.23. The SMILES string of the molecule is CN(C)CCCOc1ccc(C=c2[nH]c(=O)c(=Cc3cccc(C(F)(F)F)c3)[nH]c2=O)cc1. The molecule has 6 nitrogen and oxygen atoms in total. The summed E-state index contributed by atoms with van der Waals surface area (Å²) in [6.07, 6.45) is -0.914. The van der Waals surface area contributed by atoms with Crippen LogP contribution < -0.4 is 26.6 Å². The molecule has 0 aliphatic carbocycles. The number of aromatic amines is 2. The van der Waals surface area contributed by atoms with Crippen LogP contribution in [0.2, 0.25) is 0 Å². The van der Waals surface area contributed by atoms with Crippen molar-refractivity contribution >= 4 is 12.2 Å². The Labute approximate surface area is 187 Å². The van der Waals surface area contributed by atoms with Crippen LogP contribution in [0, 0.1) is 0 Å². The van der Waals surface area contributed by atoms with Crippen LogP contribution >= 0.6 is 0 Å². The van der Waals surface area contributed by atoms with Gasteiger partial charge in [0.05, 0.1) is 12.2 Å². The second-order valence-corrected chi connectivity index (χ2v) is 7.72. The first kappa shape index (κ1) is 24.1. The summed E-state index contributed by atoms with van der Waals surface area (Å²) in [5, 5.41) is -0.112. The Bertz CT molecular complexity index is 1320. The van der Waals surface area contributed by atoms with Gasteiger partial charge in [-0.25, -0.2) is 0 Å². The van der Waals surface area contributed by atoms with Gasteiger partial charge in [0, 0.05) is 6.54 Å². The van der Waals surface area contributed by atoms with Crippen molar-refractivity contribution in [2.75, 3.05) is 27.2 Å². The van der Waals surface area contributed by atoms with E-state index in [1.54, 1.807) is 24.3 Å². The fraction of sp³-hybridized carbons (Fsp3) is 0.250. The van der Waals surface area contributed by atoms with E-state index in [2.05, 4.69) is 14.9 Å². The maximum atomic E-state index is 12.9. The zero-order chi connectivity index (χ0) is 24.0. The predicted octanol–water partition coefficient (Wildman–Crippen LogP) is 2.07. The Balaban J connectivity index is 1.83. The highest BCUT2D eigenvalue weighted by molar-refractivity contribution is 5.51. The Morgan fingerprint density at radius 2 is 1.52 bits per heavy atom. The third-order valence-corrected chi connectivity index (χ3v) is 4.72. The number of nitrogens with one attached hydrogen (secondary N) is 2. The number of H-pyrrole nitrogens is 2. The van der Waals surface area contributed by atoms with E-state index in [0.717, 1.165) is 25.1 Å². The van der Waals surface area contributed by atoms with Crippen molar-refractivity contribution in [3.05, 3.63) is 96.6 Å². The normalized spacial score (nSPS) is 13.0. The van der Waals surface area contributed by atoms with Crippen LogP contribution in [-0.4, -0.2) is 42.1 Å². The van der Waals surface area contributed by atoms with Crippen LogP contribution in [0.1, 0.15) is 23.1 Å². The van der Waals surface area contributed by atoms with Gasteiger partial charge in [-0.3, -0.25) is 9.59 Å². The van der Waals surface area contributed by atoms with E-state index in [4.69, 9.17) is 4.74 Å². The molecule has 0 radical (unpaired) electrons. The van der Waals surface area contributed by atoms with E-state index in [-0.39, 0.29) is 16.3 Å². The fourth-order valence-electron chi connectivity index (χ4n) is 3.07. The molecule has 2 N–H and O–H groups in total. The molecule has 3 rings (SSSR count). The van der Waals surface area contributed by atoms with Crippen LogP contribution in [0.15, 0.2) is 58.1 Å². The number of aromatic nitrogens is 2. The van der Waals surface area contributed by atoms with Crippen molar-refractivity contribution < 1.29 is 17.9 Å². The smallest absolute Gasteiger partial charge is 0.416 e. The standard InChI is InChI=1S/C24H24F3N3O3/c1-30(2)11-4-12-33-19-9-7-16(8-10-19)14-20-22(31)29-21(23(32)28-20)15-17-5-3-6-18(13-17)24(25,26)27/h3,5-10,13-15H,4,11-12H2,1-2H3,(H,28,32)(H,29,31). The maximum Gasteiger partial charge on any atom is 0.416 e. The molecule has 2 aromatic carbocycles. The molecule has 0 bridgehead atoms. The lowest BCUT2D eigenvalue weighted by atomic mass is 10.1. The molecular weight excluding hydrogens is 435 g/mol. The van der Waals surface area contributed by atoms with Gasteiger partial charge in [0.15, 0.2) is 0 Å². The molecule has 0 spiro atoms. The summed E-state index contributed by atoms with van der Waals surface area (Å²) >= 11 is 0. The minimum atomic E-state index is -4.50. The topological polar surface area (TPSA) is 78.2 Å². The monoisotopic (exact) mass is 459 g/mol. The molecule has 9 heteroatoms. The molecule has 0 aliphatic heterocycles. The van der Waals surface area contributed by atoms with Crippen molar-refractivity contribution in [3.8, 4) is 5.75 Å². The van der Waals surface area contributed by atoms with Crippen LogP contribution in [0.4, 0.5) is 13.2 Å². The predicted molar refractivity (Wildman–Crippen MR) is 121 cm³/mol. The largest absolute Gasteiger partial charge is 0.494 e. The van der Waals surface area contributed by atoms with Crippen LogP contribution in [0.5, 0.6) is 5.75 Å². The summed E-state index contributed by atoms with van der Waals surface area (Å²) in [4.78, 5) is 31.8. The van der Waals surface area contributed by atoms with Gasteiger partial charge in [-0.15, -0.1) is 0 Å². The Morgan fingerprint density at radius 1 is 0.909 bits per heavy atom. The lowest BCUT2D eigenvalue weighted by Gasteiger charge is -2.10. The van der Waals surface area contributed by atoms with Crippen LogP contribution in [0.3, 0.4) is 0 Å². The van der Waals surface area contributed by atoms with Gasteiger partial charge in [-0.1, -0.05) is 24.3 Å². The van der Waals surface area contributed by atoms with E-state index in [0.29, 0.717) is 17.9 Å². The number of nitrogens with zero attached hydrogens (tertiary/aromatic N) is 1. The third kappa shape index (κ3) is 6.95. The highest BCUT2D eigenvalue weighted by Crippen LogP contribution is 2.29. The summed E-state index contributed by atoms with van der Waals surface area (Å²) in [7, 11) is 3.99. The number of halogens is 3. The van der Waals surface area contributed by atoms with Crippen molar-refractivity contribution in [2.45, 2.75) is 12.6 Å². The summed E-state index contributed by atoms with van der Waals surface area (Å²) in [5.74, 6) is 0.694. The van der Waals surface area contributed by atoms with Crippen molar-refractivity contribution in [3.63, 3.8) is 0 Å². The molecule has 0 atom stereocenters. The number of benzene rings is 2. The van der Waals surface area contributed by atoms with Crippen molar-refractivity contribution in [1.82, 2.24) is 14.9 Å². The van der Waals surface area contributed by atoms with Gasteiger partial charge in [-0.2, -0.15) is 13.2 Å². The molecule has 1 heterocycles. The number of alkyl halides is 3. The zero-order valence-electron chi connectivity index (χ0n) is 18.2. The zero-order valence-corrected chi connectivity index (χ0v) is 18.2. The molecule has 33 heavy (non-hydrogen) atoms. The van der Waals surface area contributed by atoms with E-state index in [1.165, 1.54) is 24.3 Å². The molecule has 1 aromatic heterocycles. The van der Waals surface area contributed by atoms with E-state index in [1.807, 2.05) is 14.1 Å². The highest BCUT2D eigenvalue weighted by Gasteiger charge is 2.30. The molecule has 0 amide bonds. The lowest BCUT2D eigenvalue weighted by Crippen LogP contribution is -2.46. The molecule has 0 unspecified atom stereocenters. The summed E-state index contributed by atoms with van der Waals surface area (Å²) in [6, 6.07) is 11.5. The van der Waals surface area contributed by atoms with Gasteiger partial charge in [0.2, 0.25) is 0 Å². The van der Waals surface area contributed by atoms with Gasteiger partial charge in [-0.05, 0) is 68.1 Å². The van der Waals surface area contributed by atoms with Gasteiger partial charge in [0.1, 0.15) is 16.4 Å². The van der Waals surface area contributed by atoms with E-state index >= 15 is 0 Å². The van der Waals surface area contributed by atoms with Gasteiger partial charge in [0.25, 0.3) is 11.1 Å². The second kappa shape index (κ2) is 10.4. The number of rotatable bonds is 7. The molecule has 0 saturated heterocycles. The first-order valence-electron chi connectivity index (χ1n) is 10.2. The third-order valence-electron chi connectivity index (χ3n) is 4.72. The maximum absolute atomic E-state index is 12.9. The summed E-state index contributed by atoms with van der Waals surface area (Å²) < 4.78 is 44.3.